The van der Waals surface area contributed by atoms with Crippen molar-refractivity contribution in [2.24, 2.45) is 0 Å². The van der Waals surface area contributed by atoms with Crippen LogP contribution in [0.3, 0.4) is 0 Å². The van der Waals surface area contributed by atoms with Crippen molar-refractivity contribution in [3.8, 4) is 11.5 Å². The minimum atomic E-state index is 0.885. The summed E-state index contributed by atoms with van der Waals surface area (Å²) >= 11 is 2.70. The summed E-state index contributed by atoms with van der Waals surface area (Å²) in [4.78, 5) is 4.62. The Balaban J connectivity index is 2.10. The van der Waals surface area contributed by atoms with Crippen LogP contribution in [-0.2, 0) is 6.54 Å². The normalized spacial score (nSPS) is 11.2. The van der Waals surface area contributed by atoms with Crippen molar-refractivity contribution < 1.29 is 0 Å². The second-order valence-corrected chi connectivity index (χ2v) is 4.77. The van der Waals surface area contributed by atoms with Gasteiger partial charge in [-0.3, -0.25) is 4.68 Å². The molecule has 0 amide bonds. The standard InChI is InChI=1S/C13H13N4.Al/c1-2-8-17-9-7-12(16-17)13-14-10-5-3-4-6-11(10)15-13;/h3-7,9H,2,8H2,1H3;/q-1;+1. The second-order valence-electron chi connectivity index (χ2n) is 4.26. The molecule has 0 spiro atoms. The second kappa shape index (κ2) is 4.60. The molecule has 0 atom stereocenters. The van der Waals surface area contributed by atoms with Crippen molar-refractivity contribution in [1.82, 2.24) is 18.3 Å². The number of aromatic nitrogens is 4. The van der Waals surface area contributed by atoms with Crippen LogP contribution in [-0.4, -0.2) is 34.8 Å². The van der Waals surface area contributed by atoms with Crippen LogP contribution in [0.1, 0.15) is 13.3 Å². The zero-order chi connectivity index (χ0) is 12.5. The van der Waals surface area contributed by atoms with Crippen LogP contribution < -0.4 is 0 Å². The Hall–Kier alpha value is -1.57. The van der Waals surface area contributed by atoms with Gasteiger partial charge in [0, 0.05) is 18.3 Å². The molecule has 0 aliphatic rings. The lowest BCUT2D eigenvalue weighted by Gasteiger charge is -2.01. The monoisotopic (exact) mass is 252 g/mol. The lowest BCUT2D eigenvalue weighted by Crippen LogP contribution is -1.99. The van der Waals surface area contributed by atoms with Crippen LogP contribution >= 0.6 is 0 Å². The van der Waals surface area contributed by atoms with Gasteiger partial charge in [0.2, 0.25) is 0 Å². The van der Waals surface area contributed by atoms with Gasteiger partial charge in [-0.1, -0.05) is 19.1 Å². The largest absolute Gasteiger partial charge is 0.435 e. The van der Waals surface area contributed by atoms with E-state index in [0.29, 0.717) is 0 Å². The van der Waals surface area contributed by atoms with Crippen LogP contribution in [0, 0.1) is 0 Å². The van der Waals surface area contributed by atoms with Gasteiger partial charge in [-0.05, 0) is 24.6 Å². The van der Waals surface area contributed by atoms with E-state index < -0.39 is 0 Å². The molecular weight excluding hydrogens is 239 g/mol. The summed E-state index contributed by atoms with van der Waals surface area (Å²) < 4.78 is 3.97. The van der Waals surface area contributed by atoms with Gasteiger partial charge in [0.25, 0.3) is 0 Å². The van der Waals surface area contributed by atoms with E-state index in [4.69, 9.17) is 0 Å². The number of benzene rings is 1. The Morgan fingerprint density at radius 2 is 2.06 bits per heavy atom. The molecule has 0 fully saturated rings. The Morgan fingerprint density at radius 3 is 2.83 bits per heavy atom. The number of hydrogen-bond acceptors (Lipinski definition) is 2. The Kier molecular flexibility index (Phi) is 2.94. The maximum Gasteiger partial charge on any atom is 0.320 e. The van der Waals surface area contributed by atoms with Gasteiger partial charge in [0.05, 0.1) is 5.52 Å². The van der Waals surface area contributed by atoms with E-state index in [1.54, 1.807) is 0 Å². The molecule has 0 bridgehead atoms. The molecule has 0 N–H and O–H groups in total. The zero-order valence-electron chi connectivity index (χ0n) is 10.2. The van der Waals surface area contributed by atoms with Gasteiger partial charge >= 0.3 is 16.5 Å². The van der Waals surface area contributed by atoms with E-state index in [-0.39, 0.29) is 0 Å². The molecule has 4 nitrogen and oxygen atoms in total. The highest BCUT2D eigenvalue weighted by Gasteiger charge is 2.10. The maximum atomic E-state index is 4.62. The molecule has 1 aromatic carbocycles. The number of aryl methyl sites for hydroxylation is 1. The number of fused-ring (bicyclic) bond motifs is 1. The van der Waals surface area contributed by atoms with Crippen molar-refractivity contribution in [1.29, 1.82) is 0 Å². The summed E-state index contributed by atoms with van der Waals surface area (Å²) in [5.41, 5.74) is 3.00. The highest BCUT2D eigenvalue weighted by Crippen LogP contribution is 2.21. The Labute approximate surface area is 114 Å². The number of imidazole rings is 1. The first kappa shape index (κ1) is 11.5. The summed E-state index contributed by atoms with van der Waals surface area (Å²) in [6.45, 7) is 3.09. The lowest BCUT2D eigenvalue weighted by molar-refractivity contribution is 0.604. The van der Waals surface area contributed by atoms with Crippen molar-refractivity contribution in [3.63, 3.8) is 0 Å². The number of para-hydroxylation sites is 2. The van der Waals surface area contributed by atoms with E-state index in [9.17, 15) is 0 Å². The first-order chi connectivity index (χ1) is 8.79. The van der Waals surface area contributed by atoms with Crippen molar-refractivity contribution >= 4 is 27.5 Å². The van der Waals surface area contributed by atoms with Crippen molar-refractivity contribution in [2.75, 3.05) is 0 Å². The molecule has 3 rings (SSSR count). The molecule has 88 valence electrons. The average Bonchev–Trinajstić information content (AvgIpc) is 2.96. The number of rotatable bonds is 3. The molecule has 18 heavy (non-hydrogen) atoms. The van der Waals surface area contributed by atoms with E-state index in [1.807, 2.05) is 38.7 Å². The third-order valence-corrected chi connectivity index (χ3v) is 3.44. The highest BCUT2D eigenvalue weighted by atomic mass is 27.1. The third-order valence-electron chi connectivity index (χ3n) is 2.92. The summed E-state index contributed by atoms with van der Waals surface area (Å²) in [5.74, 6) is 0.885. The Morgan fingerprint density at radius 1 is 1.22 bits per heavy atom. The fourth-order valence-electron chi connectivity index (χ4n) is 2.06. The van der Waals surface area contributed by atoms with Gasteiger partial charge in [-0.15, -0.1) is 0 Å². The quantitative estimate of drug-likeness (QED) is 0.670. The van der Waals surface area contributed by atoms with Gasteiger partial charge in [0.1, 0.15) is 11.5 Å². The van der Waals surface area contributed by atoms with E-state index in [1.165, 1.54) is 0 Å². The van der Waals surface area contributed by atoms with Gasteiger partial charge in [-0.25, -0.2) is 4.98 Å². The molecule has 5 heteroatoms. The van der Waals surface area contributed by atoms with Crippen molar-refractivity contribution in [3.05, 3.63) is 36.5 Å². The predicted octanol–water partition coefficient (Wildman–Crippen LogP) is 2.24. The fourth-order valence-corrected chi connectivity index (χ4v) is 2.47. The highest BCUT2D eigenvalue weighted by molar-refractivity contribution is 6.13. The number of hydrogen-bond donors (Lipinski definition) is 0. The Bertz CT molecular complexity index is 683. The molecule has 3 aromatic rings. The molecular formula is C13H13AlN4. The van der Waals surface area contributed by atoms with Crippen LogP contribution in [0.4, 0.5) is 0 Å². The molecule has 2 heterocycles. The number of nitrogens with zero attached hydrogens (tertiary/aromatic N) is 4. The van der Waals surface area contributed by atoms with Crippen LogP contribution in [0.2, 0.25) is 0 Å². The lowest BCUT2D eigenvalue weighted by atomic mass is 10.3. The predicted molar refractivity (Wildman–Crippen MR) is 72.4 cm³/mol. The minimum absolute atomic E-state index is 0.885. The van der Waals surface area contributed by atoms with Gasteiger partial charge in [0.15, 0.2) is 0 Å². The zero-order valence-corrected chi connectivity index (χ0v) is 11.4. The van der Waals surface area contributed by atoms with Gasteiger partial charge in [-0.2, -0.15) is 5.10 Å². The fraction of sp³-hybridized carbons (Fsp3) is 0.231. The summed E-state index contributed by atoms with van der Waals surface area (Å²) in [5, 5.41) is 4.55. The molecule has 0 aliphatic heterocycles. The smallest absolute Gasteiger partial charge is 0.320 e. The average molecular weight is 252 g/mol. The summed E-state index contributed by atoms with van der Waals surface area (Å²) in [7, 11) is 0. The maximum absolute atomic E-state index is 4.62. The molecule has 0 saturated heterocycles. The first-order valence-corrected chi connectivity index (χ1v) is 6.57. The van der Waals surface area contributed by atoms with Crippen LogP contribution in [0.15, 0.2) is 36.5 Å². The van der Waals surface area contributed by atoms with E-state index in [2.05, 4.69) is 39.6 Å². The summed E-state index contributed by atoms with van der Waals surface area (Å²) in [6.07, 6.45) is 3.08. The van der Waals surface area contributed by atoms with E-state index >= 15 is 0 Å². The van der Waals surface area contributed by atoms with Crippen LogP contribution in [0.5, 0.6) is 0 Å². The minimum Gasteiger partial charge on any atom is -0.435 e. The first-order valence-electron chi connectivity index (χ1n) is 6.06. The third kappa shape index (κ3) is 1.86. The SMILES string of the molecule is CCCn1ccc(-c2nc3ccccc3[n]2[Al])n1. The summed E-state index contributed by atoms with van der Waals surface area (Å²) in [6, 6.07) is 10.1. The molecule has 2 aromatic heterocycles. The topological polar surface area (TPSA) is 35.6 Å². The molecule has 2 radical (unpaired) electrons. The van der Waals surface area contributed by atoms with E-state index in [0.717, 1.165) is 35.5 Å². The molecule has 0 unspecified atom stereocenters. The molecule has 0 aliphatic carbocycles. The van der Waals surface area contributed by atoms with Crippen LogP contribution in [0.25, 0.3) is 22.6 Å². The van der Waals surface area contributed by atoms with Gasteiger partial charge < -0.3 is 3.55 Å². The molecule has 0 saturated carbocycles. The van der Waals surface area contributed by atoms with Crippen molar-refractivity contribution in [2.45, 2.75) is 19.9 Å².